The summed E-state index contributed by atoms with van der Waals surface area (Å²) < 4.78 is 98.7. The van der Waals surface area contributed by atoms with Crippen molar-refractivity contribution in [2.45, 2.75) is 89.0 Å². The van der Waals surface area contributed by atoms with Crippen molar-refractivity contribution in [3.8, 4) is 17.6 Å². The maximum Gasteiger partial charge on any atom is 0.415 e. The van der Waals surface area contributed by atoms with Gasteiger partial charge in [-0.15, -0.1) is 0 Å². The molecule has 1 fully saturated rings. The van der Waals surface area contributed by atoms with Gasteiger partial charge in [-0.1, -0.05) is 12.0 Å². The largest absolute Gasteiger partial charge is 0.495 e. The third-order valence-corrected chi connectivity index (χ3v) is 8.87. The summed E-state index contributed by atoms with van der Waals surface area (Å²) in [6.07, 6.45) is -6.35. The van der Waals surface area contributed by atoms with Crippen LogP contribution >= 0.6 is 0 Å². The topological polar surface area (TPSA) is 119 Å². The summed E-state index contributed by atoms with van der Waals surface area (Å²) in [5.74, 6) is 5.56. The van der Waals surface area contributed by atoms with Crippen molar-refractivity contribution >= 4 is 44.3 Å². The van der Waals surface area contributed by atoms with Gasteiger partial charge in [0.1, 0.15) is 29.7 Å². The molecule has 1 N–H and O–H groups in total. The molecule has 2 aromatic carbocycles. The summed E-state index contributed by atoms with van der Waals surface area (Å²) in [6, 6.07) is 9.28. The molecule has 0 spiro atoms. The van der Waals surface area contributed by atoms with Gasteiger partial charge in [-0.05, 0) is 84.2 Å². The van der Waals surface area contributed by atoms with Crippen molar-refractivity contribution < 1.29 is 49.8 Å². The number of sulfone groups is 1. The lowest BCUT2D eigenvalue weighted by Gasteiger charge is -2.36. The minimum Gasteiger partial charge on any atom is -0.495 e. The van der Waals surface area contributed by atoms with E-state index in [1.807, 2.05) is 0 Å². The molecule has 0 unspecified atom stereocenters. The molecule has 2 heterocycles. The van der Waals surface area contributed by atoms with Crippen LogP contribution in [0.2, 0.25) is 0 Å². The van der Waals surface area contributed by atoms with Gasteiger partial charge in [-0.25, -0.2) is 22.4 Å². The Morgan fingerprint density at radius 3 is 2.27 bits per heavy atom. The second-order valence-electron chi connectivity index (χ2n) is 14.4. The van der Waals surface area contributed by atoms with E-state index >= 15 is 4.39 Å². The molecule has 11 nitrogen and oxygen atoms in total. The van der Waals surface area contributed by atoms with Gasteiger partial charge in [-0.3, -0.25) is 4.90 Å². The predicted molar refractivity (Wildman–Crippen MR) is 189 cm³/mol. The lowest BCUT2D eigenvalue weighted by Crippen LogP contribution is -2.51. The second kappa shape index (κ2) is 15.1. The van der Waals surface area contributed by atoms with Crippen LogP contribution in [-0.2, 0) is 25.9 Å². The summed E-state index contributed by atoms with van der Waals surface area (Å²) in [6.45, 7) is 8.33. The number of nitrogens with one attached hydrogen (secondary N) is 1. The number of likely N-dealkylation sites (tertiary alicyclic amines) is 1. The van der Waals surface area contributed by atoms with Crippen LogP contribution in [-0.4, -0.2) is 92.7 Å². The fourth-order valence-corrected chi connectivity index (χ4v) is 6.15. The Morgan fingerprint density at radius 2 is 1.69 bits per heavy atom. The Kier molecular flexibility index (Phi) is 11.7. The first-order valence-electron chi connectivity index (χ1n) is 16.4. The van der Waals surface area contributed by atoms with Crippen molar-refractivity contribution in [3.05, 3.63) is 48.2 Å². The molecule has 1 aliphatic rings. The molecule has 0 saturated carbocycles. The quantitative estimate of drug-likeness (QED) is 0.200. The smallest absolute Gasteiger partial charge is 0.415 e. The van der Waals surface area contributed by atoms with Crippen LogP contribution < -0.4 is 15.0 Å². The number of benzene rings is 2. The molecule has 0 bridgehead atoms. The molecule has 2 atom stereocenters. The van der Waals surface area contributed by atoms with E-state index in [-0.39, 0.29) is 53.6 Å². The fourth-order valence-electron chi connectivity index (χ4n) is 5.51. The maximum atomic E-state index is 15.4. The molecule has 52 heavy (non-hydrogen) atoms. The average molecular weight is 753 g/mol. The zero-order valence-electron chi connectivity index (χ0n) is 30.4. The molecule has 1 saturated heterocycles. The van der Waals surface area contributed by atoms with Crippen LogP contribution in [0, 0.1) is 11.8 Å². The minimum absolute atomic E-state index is 0.0263. The lowest BCUT2D eigenvalue weighted by molar-refractivity contribution is -0.140. The number of carbonyl (C=O) groups excluding carboxylic acids is 2. The van der Waals surface area contributed by atoms with E-state index in [9.17, 15) is 31.2 Å². The first kappa shape index (κ1) is 40.1. The molecular formula is C36H44F4N4O7S. The summed E-state index contributed by atoms with van der Waals surface area (Å²) in [5.41, 5.74) is -1.01. The fraction of sp³-hybridized carbons (Fsp3) is 0.500. The van der Waals surface area contributed by atoms with Crippen molar-refractivity contribution in [2.75, 3.05) is 43.2 Å². The Morgan fingerprint density at radius 1 is 1.02 bits per heavy atom. The highest BCUT2D eigenvalue weighted by atomic mass is 32.2. The number of anilines is 2. The molecule has 0 radical (unpaired) electrons. The summed E-state index contributed by atoms with van der Waals surface area (Å²) in [4.78, 5) is 28.2. The summed E-state index contributed by atoms with van der Waals surface area (Å²) >= 11 is 0. The molecule has 284 valence electrons. The zero-order valence-corrected chi connectivity index (χ0v) is 31.2. The molecule has 1 aromatic heterocycles. The lowest BCUT2D eigenvalue weighted by atomic mass is 10.0. The molecule has 2 amide bonds. The number of halogens is 4. The number of nitrogens with zero attached hydrogens (tertiary/aromatic N) is 3. The van der Waals surface area contributed by atoms with E-state index in [0.717, 1.165) is 15.7 Å². The number of methoxy groups -OCH3 is 1. The van der Waals surface area contributed by atoms with Crippen LogP contribution in [0.25, 0.3) is 10.9 Å². The number of ether oxygens (including phenoxy) is 3. The van der Waals surface area contributed by atoms with Crippen LogP contribution in [0.5, 0.6) is 5.75 Å². The van der Waals surface area contributed by atoms with Gasteiger partial charge in [0.15, 0.2) is 9.84 Å². The highest BCUT2D eigenvalue weighted by Crippen LogP contribution is 2.34. The SMILES string of the molecule is COc1cc(S(C)(=O)=O)ccc1N(CC#Cc1cc2c(N[C@@H]3CCN(C(=O)OC(C)(C)C)C[C@@H]3F)cccc2n1CC(F)(F)F)C(=O)OC(C)(C)C. The normalized spacial score (nSPS) is 16.9. The van der Waals surface area contributed by atoms with E-state index < -0.39 is 58.2 Å². The second-order valence-corrected chi connectivity index (χ2v) is 16.4. The standard InChI is InChI=1S/C36H44F4N4O7S/c1-34(2,3)50-32(45)42-18-16-28(26(37)21-42)41-27-12-9-13-29-25(27)19-23(44(29)22-36(38,39)40)11-10-17-43(33(46)51-35(4,5)6)30-15-14-24(52(8,47)48)20-31(30)49-7/h9,12-15,19-20,26,28,41H,16-18,21-22H2,1-8H3/t26-,28+/m0/s1. The number of alkyl halides is 4. The number of hydrogen-bond acceptors (Lipinski definition) is 8. The van der Waals surface area contributed by atoms with Crippen LogP contribution in [0.15, 0.2) is 47.4 Å². The molecular weight excluding hydrogens is 708 g/mol. The van der Waals surface area contributed by atoms with Gasteiger partial charge in [0.05, 0.1) is 48.0 Å². The number of hydrogen-bond donors (Lipinski definition) is 1. The van der Waals surface area contributed by atoms with Crippen molar-refractivity contribution in [2.24, 2.45) is 0 Å². The van der Waals surface area contributed by atoms with Gasteiger partial charge in [-0.2, -0.15) is 13.2 Å². The van der Waals surface area contributed by atoms with E-state index in [1.165, 1.54) is 42.3 Å². The number of aromatic nitrogens is 1. The molecule has 4 rings (SSSR count). The minimum atomic E-state index is -4.62. The number of rotatable bonds is 7. The van der Waals surface area contributed by atoms with Crippen LogP contribution in [0.1, 0.15) is 53.7 Å². The summed E-state index contributed by atoms with van der Waals surface area (Å²) in [5, 5.41) is 3.48. The van der Waals surface area contributed by atoms with Crippen LogP contribution in [0.4, 0.5) is 38.5 Å². The highest BCUT2D eigenvalue weighted by molar-refractivity contribution is 7.90. The van der Waals surface area contributed by atoms with E-state index in [2.05, 4.69) is 17.2 Å². The average Bonchev–Trinajstić information content (AvgIpc) is 3.34. The maximum absolute atomic E-state index is 15.4. The van der Waals surface area contributed by atoms with E-state index in [0.29, 0.717) is 11.1 Å². The van der Waals surface area contributed by atoms with Gasteiger partial charge in [0.25, 0.3) is 0 Å². The predicted octanol–water partition coefficient (Wildman–Crippen LogP) is 7.17. The van der Waals surface area contributed by atoms with E-state index in [1.54, 1.807) is 53.7 Å². The van der Waals surface area contributed by atoms with E-state index in [4.69, 9.17) is 14.2 Å². The first-order valence-corrected chi connectivity index (χ1v) is 18.3. The van der Waals surface area contributed by atoms with Crippen molar-refractivity contribution in [1.82, 2.24) is 9.47 Å². The number of piperidine rings is 1. The van der Waals surface area contributed by atoms with Crippen LogP contribution in [0.3, 0.4) is 0 Å². The summed E-state index contributed by atoms with van der Waals surface area (Å²) in [7, 11) is -2.33. The number of fused-ring (bicyclic) bond motifs is 1. The Balaban J connectivity index is 1.69. The first-order chi connectivity index (χ1) is 24.0. The van der Waals surface area contributed by atoms with Crippen molar-refractivity contribution in [3.63, 3.8) is 0 Å². The Hall–Kier alpha value is -4.65. The monoisotopic (exact) mass is 752 g/mol. The van der Waals surface area contributed by atoms with Crippen molar-refractivity contribution in [1.29, 1.82) is 0 Å². The molecule has 3 aromatic rings. The number of carbonyl (C=O) groups is 2. The molecule has 1 aliphatic heterocycles. The third-order valence-electron chi connectivity index (χ3n) is 7.75. The van der Waals surface area contributed by atoms with Gasteiger partial charge in [0.2, 0.25) is 0 Å². The Bertz CT molecular complexity index is 1970. The van der Waals surface area contributed by atoms with Gasteiger partial charge >= 0.3 is 18.4 Å². The number of amides is 2. The zero-order chi connectivity index (χ0) is 38.8. The van der Waals surface area contributed by atoms with Gasteiger partial charge < -0.3 is 29.0 Å². The third kappa shape index (κ3) is 10.5. The van der Waals surface area contributed by atoms with Gasteiger partial charge in [0, 0.05) is 29.9 Å². The Labute approximate surface area is 301 Å². The highest BCUT2D eigenvalue weighted by Gasteiger charge is 2.35. The molecule has 16 heteroatoms. The molecule has 0 aliphatic carbocycles.